The summed E-state index contributed by atoms with van der Waals surface area (Å²) in [5, 5.41) is 18.1. The molecular formula is C12H11FN2O3. The molecule has 1 saturated carbocycles. The molecular weight excluding hydrogens is 239 g/mol. The molecule has 1 aliphatic carbocycles. The minimum Gasteiger partial charge on any atom is -0.478 e. The molecule has 0 radical (unpaired) electrons. The zero-order valence-corrected chi connectivity index (χ0v) is 9.35. The van der Waals surface area contributed by atoms with Gasteiger partial charge in [0.15, 0.2) is 0 Å². The highest BCUT2D eigenvalue weighted by molar-refractivity contribution is 5.92. The fourth-order valence-corrected chi connectivity index (χ4v) is 2.22. The molecule has 0 saturated heterocycles. The number of nitrogens with one attached hydrogen (secondary N) is 1. The second kappa shape index (κ2) is 3.78. The van der Waals surface area contributed by atoms with Crippen molar-refractivity contribution < 1.29 is 19.4 Å². The molecule has 1 heterocycles. The van der Waals surface area contributed by atoms with Gasteiger partial charge in [-0.05, 0) is 18.9 Å². The molecule has 0 aliphatic heterocycles. The molecule has 0 bridgehead atoms. The van der Waals surface area contributed by atoms with E-state index in [9.17, 15) is 14.3 Å². The average Bonchev–Trinajstić information content (AvgIpc) is 2.65. The Balaban J connectivity index is 2.04. The zero-order valence-electron chi connectivity index (χ0n) is 9.35. The van der Waals surface area contributed by atoms with Crippen molar-refractivity contribution in [3.8, 4) is 0 Å². The summed E-state index contributed by atoms with van der Waals surface area (Å²) in [6, 6.07) is 2.37. The first kappa shape index (κ1) is 11.2. The van der Waals surface area contributed by atoms with Crippen molar-refractivity contribution >= 4 is 17.0 Å². The Morgan fingerprint density at radius 3 is 2.78 bits per heavy atom. The Morgan fingerprint density at radius 2 is 2.17 bits per heavy atom. The van der Waals surface area contributed by atoms with Gasteiger partial charge in [0.2, 0.25) is 0 Å². The van der Waals surface area contributed by atoms with Gasteiger partial charge in [-0.2, -0.15) is 0 Å². The van der Waals surface area contributed by atoms with Crippen LogP contribution in [0.25, 0.3) is 11.0 Å². The lowest BCUT2D eigenvalue weighted by Gasteiger charge is -2.29. The van der Waals surface area contributed by atoms with Crippen molar-refractivity contribution in [2.24, 2.45) is 0 Å². The summed E-state index contributed by atoms with van der Waals surface area (Å²) >= 11 is 0. The van der Waals surface area contributed by atoms with E-state index in [-0.39, 0.29) is 17.6 Å². The third-order valence-electron chi connectivity index (χ3n) is 3.32. The summed E-state index contributed by atoms with van der Waals surface area (Å²) in [4.78, 5) is 18.0. The van der Waals surface area contributed by atoms with Crippen molar-refractivity contribution in [2.45, 2.75) is 24.9 Å². The minimum atomic E-state index is -1.31. The van der Waals surface area contributed by atoms with E-state index in [4.69, 9.17) is 5.11 Å². The lowest BCUT2D eigenvalue weighted by molar-refractivity contribution is 0.0691. The van der Waals surface area contributed by atoms with Crippen molar-refractivity contribution in [1.82, 2.24) is 9.97 Å². The number of halogens is 1. The Morgan fingerprint density at radius 1 is 1.44 bits per heavy atom. The average molecular weight is 250 g/mol. The van der Waals surface area contributed by atoms with Crippen LogP contribution in [0, 0.1) is 5.82 Å². The van der Waals surface area contributed by atoms with Crippen LogP contribution < -0.4 is 0 Å². The second-order valence-electron chi connectivity index (χ2n) is 4.60. The van der Waals surface area contributed by atoms with Gasteiger partial charge in [-0.1, -0.05) is 0 Å². The van der Waals surface area contributed by atoms with Crippen LogP contribution in [0.15, 0.2) is 12.1 Å². The number of benzene rings is 1. The van der Waals surface area contributed by atoms with Gasteiger partial charge in [0.25, 0.3) is 0 Å². The highest BCUT2D eigenvalue weighted by atomic mass is 19.1. The first-order valence-corrected chi connectivity index (χ1v) is 5.65. The van der Waals surface area contributed by atoms with Gasteiger partial charge in [0.1, 0.15) is 11.6 Å². The summed E-state index contributed by atoms with van der Waals surface area (Å²) < 4.78 is 13.5. The number of imidazole rings is 1. The molecule has 94 valence electrons. The second-order valence-corrected chi connectivity index (χ2v) is 4.60. The first-order valence-electron chi connectivity index (χ1n) is 5.65. The van der Waals surface area contributed by atoms with Gasteiger partial charge in [0, 0.05) is 12.0 Å². The highest BCUT2D eigenvalue weighted by Gasteiger charge is 2.31. The van der Waals surface area contributed by atoms with Crippen molar-refractivity contribution in [3.63, 3.8) is 0 Å². The van der Waals surface area contributed by atoms with Gasteiger partial charge >= 0.3 is 5.97 Å². The van der Waals surface area contributed by atoms with Gasteiger partial charge in [-0.3, -0.25) is 0 Å². The smallest absolute Gasteiger partial charge is 0.338 e. The van der Waals surface area contributed by atoms with Crippen LogP contribution in [0.1, 0.15) is 34.9 Å². The molecule has 1 aliphatic rings. The topological polar surface area (TPSA) is 86.2 Å². The molecule has 2 aromatic rings. The maximum Gasteiger partial charge on any atom is 0.338 e. The number of fused-ring (bicyclic) bond motifs is 1. The molecule has 18 heavy (non-hydrogen) atoms. The lowest BCUT2D eigenvalue weighted by Crippen LogP contribution is -2.27. The number of carboxylic acids is 1. The number of rotatable bonds is 2. The van der Waals surface area contributed by atoms with Gasteiger partial charge in [-0.25, -0.2) is 14.2 Å². The van der Waals surface area contributed by atoms with E-state index in [2.05, 4.69) is 9.97 Å². The summed E-state index contributed by atoms with van der Waals surface area (Å²) in [6.45, 7) is 0. The van der Waals surface area contributed by atoms with Gasteiger partial charge < -0.3 is 15.2 Å². The highest BCUT2D eigenvalue weighted by Crippen LogP contribution is 2.36. The van der Waals surface area contributed by atoms with E-state index in [1.165, 1.54) is 6.07 Å². The number of aromatic nitrogens is 2. The number of carboxylic acid groups (broad SMARTS) is 1. The van der Waals surface area contributed by atoms with Crippen molar-refractivity contribution in [1.29, 1.82) is 0 Å². The Labute approximate surface area is 101 Å². The normalized spacial score (nSPS) is 23.0. The van der Waals surface area contributed by atoms with E-state index in [0.717, 1.165) is 6.07 Å². The molecule has 0 amide bonds. The molecule has 6 heteroatoms. The number of aromatic carboxylic acids is 1. The fourth-order valence-electron chi connectivity index (χ4n) is 2.22. The van der Waals surface area contributed by atoms with Crippen LogP contribution in [-0.4, -0.2) is 32.3 Å². The molecule has 1 aromatic carbocycles. The van der Waals surface area contributed by atoms with E-state index in [1.54, 1.807) is 0 Å². The van der Waals surface area contributed by atoms with Crippen LogP contribution >= 0.6 is 0 Å². The number of aromatic amines is 1. The predicted octanol–water partition coefficient (Wildman–Crippen LogP) is 1.64. The van der Waals surface area contributed by atoms with Crippen LogP contribution in [0.2, 0.25) is 0 Å². The van der Waals surface area contributed by atoms with E-state index < -0.39 is 11.8 Å². The number of hydrogen-bond donors (Lipinski definition) is 3. The van der Waals surface area contributed by atoms with Crippen molar-refractivity contribution in [2.75, 3.05) is 0 Å². The largest absolute Gasteiger partial charge is 0.478 e. The molecule has 0 spiro atoms. The minimum absolute atomic E-state index is 0.142. The molecule has 5 nitrogen and oxygen atoms in total. The van der Waals surface area contributed by atoms with Crippen LogP contribution in [0.3, 0.4) is 0 Å². The quantitative estimate of drug-likeness (QED) is 0.756. The Hall–Kier alpha value is -1.95. The van der Waals surface area contributed by atoms with Crippen LogP contribution in [0.4, 0.5) is 4.39 Å². The number of aliphatic hydroxyl groups is 1. The third-order valence-corrected chi connectivity index (χ3v) is 3.32. The number of hydrogen-bond acceptors (Lipinski definition) is 3. The molecule has 3 N–H and O–H groups in total. The Bertz CT molecular complexity index is 632. The summed E-state index contributed by atoms with van der Waals surface area (Å²) in [6.07, 6.45) is 0.969. The van der Waals surface area contributed by atoms with Crippen LogP contribution in [-0.2, 0) is 0 Å². The zero-order chi connectivity index (χ0) is 12.9. The number of aliphatic hydroxyl groups excluding tert-OH is 1. The maximum atomic E-state index is 13.5. The summed E-state index contributed by atoms with van der Waals surface area (Å²) in [7, 11) is 0. The SMILES string of the molecule is O=C(O)c1cc2nc(C3CC(O)C3)[nH]c2cc1F. The third kappa shape index (κ3) is 1.65. The molecule has 1 fully saturated rings. The molecule has 0 unspecified atom stereocenters. The van der Waals surface area contributed by atoms with Gasteiger partial charge in [0.05, 0.1) is 22.7 Å². The van der Waals surface area contributed by atoms with E-state index >= 15 is 0 Å². The van der Waals surface area contributed by atoms with E-state index in [0.29, 0.717) is 29.7 Å². The van der Waals surface area contributed by atoms with Crippen molar-refractivity contribution in [3.05, 3.63) is 29.3 Å². The standard InChI is InChI=1S/C12H11FN2O3/c13-8-4-10-9(3-7(8)12(17)18)14-11(15-10)5-1-6(16)2-5/h3-6,16H,1-2H2,(H,14,15)(H,17,18). The number of H-pyrrole nitrogens is 1. The molecule has 0 atom stereocenters. The monoisotopic (exact) mass is 250 g/mol. The first-order chi connectivity index (χ1) is 8.54. The predicted molar refractivity (Wildman–Crippen MR) is 61.0 cm³/mol. The van der Waals surface area contributed by atoms with Gasteiger partial charge in [-0.15, -0.1) is 0 Å². The van der Waals surface area contributed by atoms with E-state index in [1.807, 2.05) is 0 Å². The Kier molecular flexibility index (Phi) is 2.34. The fraction of sp³-hybridized carbons (Fsp3) is 0.333. The lowest BCUT2D eigenvalue weighted by atomic mass is 9.82. The van der Waals surface area contributed by atoms with Crippen LogP contribution in [0.5, 0.6) is 0 Å². The maximum absolute atomic E-state index is 13.5. The molecule has 1 aromatic heterocycles. The number of carbonyl (C=O) groups is 1. The summed E-state index contributed by atoms with van der Waals surface area (Å²) in [5.41, 5.74) is 0.535. The summed E-state index contributed by atoms with van der Waals surface area (Å²) in [5.74, 6) is -1.27. The number of nitrogens with zero attached hydrogens (tertiary/aromatic N) is 1. The molecule has 3 rings (SSSR count).